The molecule has 0 unspecified atom stereocenters. The molecule has 0 aliphatic heterocycles. The summed E-state index contributed by atoms with van der Waals surface area (Å²) < 4.78 is 33.2. The molecule has 0 spiro atoms. The number of halogens is 1. The number of rotatable bonds is 8. The van der Waals surface area contributed by atoms with Gasteiger partial charge in [-0.2, -0.15) is 0 Å². The molecule has 4 rings (SSSR count). The molecule has 1 aromatic heterocycles. The van der Waals surface area contributed by atoms with Gasteiger partial charge in [-0.05, 0) is 36.2 Å². The van der Waals surface area contributed by atoms with Crippen LogP contribution in [0.5, 0.6) is 0 Å². The molecule has 0 saturated carbocycles. The summed E-state index contributed by atoms with van der Waals surface area (Å²) in [4.78, 5) is 24.1. The number of hydrogen-bond acceptors (Lipinski definition) is 5. The lowest BCUT2D eigenvalue weighted by molar-refractivity contribution is 0.0696. The van der Waals surface area contributed by atoms with Crippen molar-refractivity contribution in [1.82, 2.24) is 4.31 Å². The van der Waals surface area contributed by atoms with E-state index >= 15 is 0 Å². The molecule has 3 aromatic carbocycles. The van der Waals surface area contributed by atoms with Gasteiger partial charge in [-0.1, -0.05) is 60.1 Å². The molecule has 0 saturated heterocycles. The fraction of sp³-hybridized carbons (Fsp3) is 0.120. The normalized spacial score (nSPS) is 11.6. The number of fused-ring (bicyclic) bond motifs is 1. The van der Waals surface area contributed by atoms with Crippen LogP contribution in [0.4, 0.5) is 5.69 Å². The first-order valence-electron chi connectivity index (χ1n) is 10.5. The third-order valence-electron chi connectivity index (χ3n) is 5.43. The number of carboxylic acid groups (broad SMARTS) is 1. The van der Waals surface area contributed by atoms with E-state index in [0.29, 0.717) is 17.4 Å². The lowest BCUT2D eigenvalue weighted by Crippen LogP contribution is -2.29. The van der Waals surface area contributed by atoms with Crippen LogP contribution >= 0.6 is 11.6 Å². The van der Waals surface area contributed by atoms with E-state index in [1.54, 1.807) is 24.3 Å². The third-order valence-corrected chi connectivity index (χ3v) is 7.83. The van der Waals surface area contributed by atoms with Gasteiger partial charge in [0.15, 0.2) is 5.76 Å². The smallest absolute Gasteiger partial charge is 0.335 e. The van der Waals surface area contributed by atoms with Crippen molar-refractivity contribution in [3.63, 3.8) is 0 Å². The summed E-state index contributed by atoms with van der Waals surface area (Å²) in [6.45, 7) is 0.140. The number of carboxylic acids is 1. The molecule has 10 heteroatoms. The van der Waals surface area contributed by atoms with Crippen LogP contribution in [0.2, 0.25) is 5.02 Å². The predicted octanol–water partition coefficient (Wildman–Crippen LogP) is 4.90. The summed E-state index contributed by atoms with van der Waals surface area (Å²) in [6, 6.07) is 19.9. The molecule has 0 bridgehead atoms. The van der Waals surface area contributed by atoms with E-state index < -0.39 is 26.8 Å². The number of benzene rings is 3. The van der Waals surface area contributed by atoms with Crippen LogP contribution in [-0.2, 0) is 16.4 Å². The zero-order chi connectivity index (χ0) is 25.2. The quantitative estimate of drug-likeness (QED) is 0.347. The molecule has 1 amide bonds. The summed E-state index contributed by atoms with van der Waals surface area (Å²) in [6.07, 6.45) is 0.447. The number of amides is 1. The number of hydrogen-bond donors (Lipinski definition) is 2. The van der Waals surface area contributed by atoms with Crippen molar-refractivity contribution in [1.29, 1.82) is 0 Å². The number of carbonyl (C=O) groups excluding carboxylic acids is 1. The SMILES string of the molecule is CN(CCc1ccccc1)S(=O)(=O)c1cc(C(=O)O)cc(NC(=O)c2cc3ccccc3o2)c1Cl. The van der Waals surface area contributed by atoms with Gasteiger partial charge in [0.1, 0.15) is 10.5 Å². The second-order valence-electron chi connectivity index (χ2n) is 7.81. The lowest BCUT2D eigenvalue weighted by atomic mass is 10.2. The van der Waals surface area contributed by atoms with Crippen molar-refractivity contribution >= 4 is 50.2 Å². The molecule has 0 atom stereocenters. The van der Waals surface area contributed by atoms with E-state index in [2.05, 4.69) is 5.32 Å². The molecule has 2 N–H and O–H groups in total. The second kappa shape index (κ2) is 9.91. The van der Waals surface area contributed by atoms with E-state index in [4.69, 9.17) is 16.0 Å². The van der Waals surface area contributed by atoms with Crippen molar-refractivity contribution < 1.29 is 27.5 Å². The standard InChI is InChI=1S/C25H21ClN2O6S/c1-28(12-11-16-7-3-2-4-8-16)35(32,33)22-15-18(25(30)31)13-19(23(22)26)27-24(29)21-14-17-9-5-6-10-20(17)34-21/h2-10,13-15H,11-12H2,1H3,(H,27,29)(H,30,31). The van der Waals surface area contributed by atoms with Crippen LogP contribution in [0.25, 0.3) is 11.0 Å². The van der Waals surface area contributed by atoms with Gasteiger partial charge in [-0.25, -0.2) is 17.5 Å². The number of sulfonamides is 1. The van der Waals surface area contributed by atoms with Crippen LogP contribution < -0.4 is 5.32 Å². The molecule has 0 radical (unpaired) electrons. The fourth-order valence-electron chi connectivity index (χ4n) is 3.50. The Balaban J connectivity index is 1.65. The molecule has 4 aromatic rings. The van der Waals surface area contributed by atoms with Crippen LogP contribution in [-0.4, -0.2) is 43.3 Å². The van der Waals surface area contributed by atoms with E-state index in [9.17, 15) is 23.1 Å². The fourth-order valence-corrected chi connectivity index (χ4v) is 5.23. The van der Waals surface area contributed by atoms with E-state index in [1.807, 2.05) is 30.3 Å². The monoisotopic (exact) mass is 512 g/mol. The molecule has 0 aliphatic rings. The van der Waals surface area contributed by atoms with Gasteiger partial charge in [0.25, 0.3) is 5.91 Å². The van der Waals surface area contributed by atoms with Crippen molar-refractivity contribution in [2.75, 3.05) is 18.9 Å². The summed E-state index contributed by atoms with van der Waals surface area (Å²) in [7, 11) is -2.79. The molecule has 35 heavy (non-hydrogen) atoms. The molecular formula is C25H21ClN2O6S. The Morgan fingerprint density at radius 2 is 1.71 bits per heavy atom. The number of aromatic carboxylic acids is 1. The third kappa shape index (κ3) is 5.22. The number of carbonyl (C=O) groups is 2. The Bertz CT molecular complexity index is 1480. The lowest BCUT2D eigenvalue weighted by Gasteiger charge is -2.20. The summed E-state index contributed by atoms with van der Waals surface area (Å²) in [5.41, 5.74) is 0.932. The maximum Gasteiger partial charge on any atom is 0.335 e. The minimum atomic E-state index is -4.18. The Morgan fingerprint density at radius 3 is 2.40 bits per heavy atom. The van der Waals surface area contributed by atoms with E-state index in [1.165, 1.54) is 13.1 Å². The first-order chi connectivity index (χ1) is 16.7. The molecule has 0 fully saturated rings. The molecule has 1 heterocycles. The highest BCUT2D eigenvalue weighted by Crippen LogP contribution is 2.33. The van der Waals surface area contributed by atoms with Crippen molar-refractivity contribution in [3.8, 4) is 0 Å². The Morgan fingerprint density at radius 1 is 1.03 bits per heavy atom. The zero-order valence-electron chi connectivity index (χ0n) is 18.6. The summed E-state index contributed by atoms with van der Waals surface area (Å²) >= 11 is 6.40. The van der Waals surface area contributed by atoms with E-state index in [-0.39, 0.29) is 28.6 Å². The van der Waals surface area contributed by atoms with Gasteiger partial charge in [-0.15, -0.1) is 0 Å². The van der Waals surface area contributed by atoms with Gasteiger partial charge in [0.05, 0.1) is 16.3 Å². The minimum Gasteiger partial charge on any atom is -0.478 e. The van der Waals surface area contributed by atoms with Crippen LogP contribution in [0, 0.1) is 0 Å². The minimum absolute atomic E-state index is 0.0348. The van der Waals surface area contributed by atoms with Gasteiger partial charge in [0, 0.05) is 19.0 Å². The summed E-state index contributed by atoms with van der Waals surface area (Å²) in [5.74, 6) is -2.11. The van der Waals surface area contributed by atoms with Gasteiger partial charge >= 0.3 is 5.97 Å². The second-order valence-corrected chi connectivity index (χ2v) is 10.2. The number of anilines is 1. The number of furan rings is 1. The topological polar surface area (TPSA) is 117 Å². The molecular weight excluding hydrogens is 492 g/mol. The predicted molar refractivity (Wildman–Crippen MR) is 133 cm³/mol. The largest absolute Gasteiger partial charge is 0.478 e. The van der Waals surface area contributed by atoms with Gasteiger partial charge in [0.2, 0.25) is 10.0 Å². The maximum atomic E-state index is 13.3. The number of nitrogens with zero attached hydrogens (tertiary/aromatic N) is 1. The highest BCUT2D eigenvalue weighted by atomic mass is 35.5. The Labute approximate surface area is 206 Å². The molecule has 8 nitrogen and oxygen atoms in total. The molecule has 180 valence electrons. The Hall–Kier alpha value is -3.66. The Kier molecular flexibility index (Phi) is 6.93. The molecule has 0 aliphatic carbocycles. The van der Waals surface area contributed by atoms with Crippen molar-refractivity contribution in [2.45, 2.75) is 11.3 Å². The van der Waals surface area contributed by atoms with Crippen LogP contribution in [0.3, 0.4) is 0 Å². The number of nitrogens with one attached hydrogen (secondary N) is 1. The van der Waals surface area contributed by atoms with Crippen molar-refractivity contribution in [2.24, 2.45) is 0 Å². The highest BCUT2D eigenvalue weighted by molar-refractivity contribution is 7.89. The number of para-hydroxylation sites is 1. The zero-order valence-corrected chi connectivity index (χ0v) is 20.1. The first kappa shape index (κ1) is 24.5. The van der Waals surface area contributed by atoms with Crippen LogP contribution in [0.15, 0.2) is 82.1 Å². The average molecular weight is 513 g/mol. The maximum absolute atomic E-state index is 13.3. The average Bonchev–Trinajstić information content (AvgIpc) is 3.28. The van der Waals surface area contributed by atoms with Crippen molar-refractivity contribution in [3.05, 3.63) is 94.7 Å². The summed E-state index contributed by atoms with van der Waals surface area (Å²) in [5, 5.41) is 12.4. The van der Waals surface area contributed by atoms with Gasteiger partial charge in [-0.3, -0.25) is 4.79 Å². The van der Waals surface area contributed by atoms with Crippen LogP contribution in [0.1, 0.15) is 26.5 Å². The highest BCUT2D eigenvalue weighted by Gasteiger charge is 2.28. The number of likely N-dealkylation sites (N-methyl/N-ethyl adjacent to an activating group) is 1. The first-order valence-corrected chi connectivity index (χ1v) is 12.4. The van der Waals surface area contributed by atoms with E-state index in [0.717, 1.165) is 22.0 Å². The van der Waals surface area contributed by atoms with Gasteiger partial charge < -0.3 is 14.8 Å².